The van der Waals surface area contributed by atoms with Crippen LogP contribution in [0.2, 0.25) is 0 Å². The van der Waals surface area contributed by atoms with E-state index in [1.807, 2.05) is 17.0 Å². The van der Waals surface area contributed by atoms with E-state index < -0.39 is 0 Å². The third kappa shape index (κ3) is 4.14. The zero-order chi connectivity index (χ0) is 20.5. The zero-order valence-corrected chi connectivity index (χ0v) is 17.7. The third-order valence-corrected chi connectivity index (χ3v) is 6.11. The number of aromatic amines is 1. The predicted molar refractivity (Wildman–Crippen MR) is 119 cm³/mol. The van der Waals surface area contributed by atoms with Crippen LogP contribution in [0.3, 0.4) is 0 Å². The topological polar surface area (TPSA) is 61.0 Å². The number of anilines is 1. The van der Waals surface area contributed by atoms with Gasteiger partial charge in [0.2, 0.25) is 0 Å². The van der Waals surface area contributed by atoms with E-state index in [4.69, 9.17) is 4.98 Å². The van der Waals surface area contributed by atoms with Crippen LogP contribution in [0.15, 0.2) is 36.4 Å². The van der Waals surface area contributed by atoms with Crippen LogP contribution in [-0.2, 0) is 0 Å². The Morgan fingerprint density at radius 2 is 1.76 bits per heavy atom. The fourth-order valence-electron chi connectivity index (χ4n) is 3.99. The first-order valence-electron chi connectivity index (χ1n) is 10.5. The highest BCUT2D eigenvalue weighted by atomic mass is 16.2. The van der Waals surface area contributed by atoms with Crippen molar-refractivity contribution in [2.75, 3.05) is 18.4 Å². The van der Waals surface area contributed by atoms with Gasteiger partial charge in [0.25, 0.3) is 0 Å². The van der Waals surface area contributed by atoms with Crippen molar-refractivity contribution < 1.29 is 4.79 Å². The number of fused-ring (bicyclic) bond motifs is 1. The summed E-state index contributed by atoms with van der Waals surface area (Å²) in [5.41, 5.74) is 6.81. The number of aryl methyl sites for hydroxylation is 2. The average Bonchev–Trinajstić information content (AvgIpc) is 3.11. The summed E-state index contributed by atoms with van der Waals surface area (Å²) in [5, 5.41) is 3.03. The molecule has 29 heavy (non-hydrogen) atoms. The standard InChI is InChI=1S/C24H30N4O/c1-15(2)18-5-7-20(8-6-18)25-24(29)28-11-9-19(10-12-28)23-26-21-13-16(3)17(4)14-22(21)27-23/h5-8,13-15,19H,9-12H2,1-4H3,(H,25,29)(H,26,27). The number of imidazole rings is 1. The van der Waals surface area contributed by atoms with Crippen molar-refractivity contribution in [1.29, 1.82) is 0 Å². The molecule has 0 saturated carbocycles. The van der Waals surface area contributed by atoms with Crippen LogP contribution in [0.25, 0.3) is 11.0 Å². The quantitative estimate of drug-likeness (QED) is 0.601. The largest absolute Gasteiger partial charge is 0.342 e. The second-order valence-corrected chi connectivity index (χ2v) is 8.54. The van der Waals surface area contributed by atoms with Crippen LogP contribution >= 0.6 is 0 Å². The Balaban J connectivity index is 1.37. The number of piperidine rings is 1. The lowest BCUT2D eigenvalue weighted by molar-refractivity contribution is 0.193. The summed E-state index contributed by atoms with van der Waals surface area (Å²) in [6.07, 6.45) is 1.86. The number of urea groups is 1. The van der Waals surface area contributed by atoms with Gasteiger partial charge in [-0.05, 0) is 73.6 Å². The molecule has 1 saturated heterocycles. The molecule has 0 spiro atoms. The molecule has 0 aliphatic carbocycles. The molecule has 4 rings (SSSR count). The number of carbonyl (C=O) groups is 1. The van der Waals surface area contributed by atoms with Crippen LogP contribution in [0.4, 0.5) is 10.5 Å². The van der Waals surface area contributed by atoms with E-state index in [9.17, 15) is 4.79 Å². The number of nitrogens with zero attached hydrogens (tertiary/aromatic N) is 2. The number of aromatic nitrogens is 2. The Labute approximate surface area is 172 Å². The van der Waals surface area contributed by atoms with Crippen LogP contribution < -0.4 is 5.32 Å². The maximum absolute atomic E-state index is 12.6. The van der Waals surface area contributed by atoms with E-state index in [-0.39, 0.29) is 6.03 Å². The third-order valence-electron chi connectivity index (χ3n) is 6.11. The van der Waals surface area contributed by atoms with Gasteiger partial charge in [0.1, 0.15) is 5.82 Å². The predicted octanol–water partition coefficient (Wildman–Crippen LogP) is 5.71. The molecule has 2 amide bonds. The van der Waals surface area contributed by atoms with Gasteiger partial charge >= 0.3 is 6.03 Å². The number of carbonyl (C=O) groups excluding carboxylic acids is 1. The molecular formula is C24H30N4O. The molecule has 0 bridgehead atoms. The number of amides is 2. The monoisotopic (exact) mass is 390 g/mol. The molecule has 1 aliphatic heterocycles. The van der Waals surface area contributed by atoms with Crippen LogP contribution in [0.1, 0.15) is 61.0 Å². The maximum Gasteiger partial charge on any atom is 0.321 e. The first-order chi connectivity index (χ1) is 13.9. The van der Waals surface area contributed by atoms with E-state index in [0.29, 0.717) is 11.8 Å². The van der Waals surface area contributed by atoms with Crippen molar-refractivity contribution in [2.45, 2.75) is 52.4 Å². The Bertz CT molecular complexity index is 972. The van der Waals surface area contributed by atoms with Crippen molar-refractivity contribution in [2.24, 2.45) is 0 Å². The van der Waals surface area contributed by atoms with Crippen molar-refractivity contribution in [3.8, 4) is 0 Å². The second kappa shape index (κ2) is 7.90. The minimum absolute atomic E-state index is 0.0170. The molecular weight excluding hydrogens is 360 g/mol. The first kappa shape index (κ1) is 19.5. The highest BCUT2D eigenvalue weighted by molar-refractivity contribution is 5.89. The summed E-state index contributed by atoms with van der Waals surface area (Å²) >= 11 is 0. The maximum atomic E-state index is 12.6. The molecule has 5 heteroatoms. The van der Waals surface area contributed by atoms with Gasteiger partial charge in [-0.1, -0.05) is 26.0 Å². The SMILES string of the molecule is Cc1cc2nc(C3CCN(C(=O)Nc4ccc(C(C)C)cc4)CC3)[nH]c2cc1C. The number of nitrogens with one attached hydrogen (secondary N) is 2. The Morgan fingerprint density at radius 1 is 1.10 bits per heavy atom. The summed E-state index contributed by atoms with van der Waals surface area (Å²) in [6, 6.07) is 12.4. The summed E-state index contributed by atoms with van der Waals surface area (Å²) in [5.74, 6) is 1.91. The number of likely N-dealkylation sites (tertiary alicyclic amines) is 1. The van der Waals surface area contributed by atoms with E-state index >= 15 is 0 Å². The molecule has 1 aromatic heterocycles. The highest BCUT2D eigenvalue weighted by Gasteiger charge is 2.26. The lowest BCUT2D eigenvalue weighted by Crippen LogP contribution is -2.40. The minimum atomic E-state index is -0.0170. The van der Waals surface area contributed by atoms with E-state index in [1.54, 1.807) is 0 Å². The highest BCUT2D eigenvalue weighted by Crippen LogP contribution is 2.29. The van der Waals surface area contributed by atoms with Crippen molar-refractivity contribution in [3.05, 3.63) is 58.9 Å². The zero-order valence-electron chi connectivity index (χ0n) is 17.7. The number of benzene rings is 2. The molecule has 152 valence electrons. The Morgan fingerprint density at radius 3 is 2.41 bits per heavy atom. The minimum Gasteiger partial charge on any atom is -0.342 e. The van der Waals surface area contributed by atoms with E-state index in [1.165, 1.54) is 16.7 Å². The first-order valence-corrected chi connectivity index (χ1v) is 10.5. The van der Waals surface area contributed by atoms with E-state index in [2.05, 4.69) is 62.3 Å². The molecule has 2 N–H and O–H groups in total. The van der Waals surface area contributed by atoms with Crippen LogP contribution in [0.5, 0.6) is 0 Å². The number of H-pyrrole nitrogens is 1. The molecule has 1 fully saturated rings. The van der Waals surface area contributed by atoms with Crippen LogP contribution in [-0.4, -0.2) is 34.0 Å². The fourth-order valence-corrected chi connectivity index (χ4v) is 3.99. The lowest BCUT2D eigenvalue weighted by atomic mass is 9.96. The molecule has 2 aromatic carbocycles. The van der Waals surface area contributed by atoms with Crippen LogP contribution in [0, 0.1) is 13.8 Å². The average molecular weight is 391 g/mol. The Hall–Kier alpha value is -2.82. The van der Waals surface area contributed by atoms with Gasteiger partial charge < -0.3 is 15.2 Å². The number of rotatable bonds is 3. The van der Waals surface area contributed by atoms with Crippen molar-refractivity contribution in [3.63, 3.8) is 0 Å². The molecule has 0 unspecified atom stereocenters. The normalized spacial score (nSPS) is 15.3. The number of hydrogen-bond donors (Lipinski definition) is 2. The van der Waals surface area contributed by atoms with Gasteiger partial charge in [-0.25, -0.2) is 9.78 Å². The molecule has 1 aliphatic rings. The summed E-state index contributed by atoms with van der Waals surface area (Å²) in [4.78, 5) is 22.9. The molecule has 3 aromatic rings. The second-order valence-electron chi connectivity index (χ2n) is 8.54. The van der Waals surface area contributed by atoms with E-state index in [0.717, 1.165) is 48.5 Å². The van der Waals surface area contributed by atoms with Crippen molar-refractivity contribution >= 4 is 22.8 Å². The van der Waals surface area contributed by atoms with Crippen molar-refractivity contribution in [1.82, 2.24) is 14.9 Å². The number of hydrogen-bond acceptors (Lipinski definition) is 2. The fraction of sp³-hybridized carbons (Fsp3) is 0.417. The molecule has 2 heterocycles. The van der Waals surface area contributed by atoms with Gasteiger partial charge in [-0.3, -0.25) is 0 Å². The van der Waals surface area contributed by atoms with Gasteiger partial charge in [0, 0.05) is 24.7 Å². The lowest BCUT2D eigenvalue weighted by Gasteiger charge is -2.31. The van der Waals surface area contributed by atoms with Gasteiger partial charge in [-0.2, -0.15) is 0 Å². The van der Waals surface area contributed by atoms with Gasteiger partial charge in [-0.15, -0.1) is 0 Å². The molecule has 5 nitrogen and oxygen atoms in total. The Kier molecular flexibility index (Phi) is 5.31. The van der Waals surface area contributed by atoms with Gasteiger partial charge in [0.05, 0.1) is 11.0 Å². The summed E-state index contributed by atoms with van der Waals surface area (Å²) < 4.78 is 0. The summed E-state index contributed by atoms with van der Waals surface area (Å²) in [7, 11) is 0. The molecule has 0 atom stereocenters. The smallest absolute Gasteiger partial charge is 0.321 e. The molecule has 0 radical (unpaired) electrons. The summed E-state index contributed by atoms with van der Waals surface area (Å²) in [6.45, 7) is 10.1. The van der Waals surface area contributed by atoms with Gasteiger partial charge in [0.15, 0.2) is 0 Å².